The van der Waals surface area contributed by atoms with Crippen LogP contribution in [0.15, 0.2) is 42.7 Å². The minimum atomic E-state index is -0.512. The van der Waals surface area contributed by atoms with Crippen LogP contribution in [0.1, 0.15) is 85.2 Å². The van der Waals surface area contributed by atoms with Gasteiger partial charge >= 0.3 is 0 Å². The summed E-state index contributed by atoms with van der Waals surface area (Å²) >= 11 is 0. The number of aromatic nitrogens is 4. The highest BCUT2D eigenvalue weighted by atomic mass is 19.1. The smallest absolute Gasteiger partial charge is 0.267 e. The zero-order valence-corrected chi connectivity index (χ0v) is 19.2. The molecule has 2 fully saturated rings. The molecule has 0 bridgehead atoms. The Bertz CT molecular complexity index is 1400. The van der Waals surface area contributed by atoms with Crippen molar-refractivity contribution in [2.75, 3.05) is 0 Å². The van der Waals surface area contributed by atoms with E-state index in [0.717, 1.165) is 66.3 Å². The minimum absolute atomic E-state index is 0.211. The molecule has 7 heteroatoms. The number of primary amides is 1. The first-order chi connectivity index (χ1) is 16.5. The van der Waals surface area contributed by atoms with Gasteiger partial charge in [-0.05, 0) is 86.3 Å². The van der Waals surface area contributed by atoms with Crippen molar-refractivity contribution in [3.8, 4) is 0 Å². The molecular weight excluding hydrogens is 429 g/mol. The zero-order valence-electron chi connectivity index (χ0n) is 19.2. The maximum Gasteiger partial charge on any atom is 0.267 e. The lowest BCUT2D eigenvalue weighted by molar-refractivity contribution is 0.0995. The maximum atomic E-state index is 13.9. The topological polar surface area (TPSA) is 86.7 Å². The van der Waals surface area contributed by atoms with Crippen molar-refractivity contribution < 1.29 is 9.18 Å². The number of carbonyl (C=O) groups excluding carboxylic acids is 1. The number of fused-ring (bicyclic) bond motifs is 2. The van der Waals surface area contributed by atoms with Crippen LogP contribution in [0.3, 0.4) is 0 Å². The molecule has 0 saturated heterocycles. The summed E-state index contributed by atoms with van der Waals surface area (Å²) in [4.78, 5) is 25.3. The Morgan fingerprint density at radius 3 is 2.59 bits per heavy atom. The number of nitrogens with two attached hydrogens (primary N) is 1. The first-order valence-corrected chi connectivity index (χ1v) is 12.2. The van der Waals surface area contributed by atoms with Crippen molar-refractivity contribution in [2.24, 2.45) is 11.7 Å². The van der Waals surface area contributed by atoms with Gasteiger partial charge in [0.05, 0.1) is 17.2 Å². The molecule has 0 unspecified atom stereocenters. The number of imidazole rings is 1. The third-order valence-electron chi connectivity index (χ3n) is 7.83. The molecule has 4 aromatic rings. The van der Waals surface area contributed by atoms with E-state index in [4.69, 9.17) is 10.7 Å². The number of rotatable bonds is 5. The molecule has 0 spiro atoms. The Morgan fingerprint density at radius 2 is 1.85 bits per heavy atom. The van der Waals surface area contributed by atoms with Crippen molar-refractivity contribution in [3.05, 3.63) is 65.6 Å². The van der Waals surface area contributed by atoms with Gasteiger partial charge < -0.3 is 10.3 Å². The highest BCUT2D eigenvalue weighted by Crippen LogP contribution is 2.46. The summed E-state index contributed by atoms with van der Waals surface area (Å²) < 4.78 is 16.3. The van der Waals surface area contributed by atoms with Crippen molar-refractivity contribution in [1.29, 1.82) is 0 Å². The van der Waals surface area contributed by atoms with Crippen LogP contribution in [0.25, 0.3) is 21.9 Å². The summed E-state index contributed by atoms with van der Waals surface area (Å²) in [6, 6.07) is 9.17. The van der Waals surface area contributed by atoms with E-state index in [0.29, 0.717) is 23.8 Å². The second kappa shape index (κ2) is 8.15. The van der Waals surface area contributed by atoms with Crippen LogP contribution in [0.4, 0.5) is 4.39 Å². The molecular formula is C27H28FN5O. The van der Waals surface area contributed by atoms with Gasteiger partial charge in [-0.3, -0.25) is 9.78 Å². The van der Waals surface area contributed by atoms with Crippen LogP contribution in [0, 0.1) is 11.7 Å². The summed E-state index contributed by atoms with van der Waals surface area (Å²) in [6.45, 7) is 2.28. The molecule has 3 aromatic heterocycles. The molecule has 6 rings (SSSR count). The van der Waals surface area contributed by atoms with Gasteiger partial charge in [0.15, 0.2) is 0 Å². The summed E-state index contributed by atoms with van der Waals surface area (Å²) in [7, 11) is 0. The van der Waals surface area contributed by atoms with Gasteiger partial charge in [-0.2, -0.15) is 0 Å². The van der Waals surface area contributed by atoms with E-state index in [1.165, 1.54) is 11.6 Å². The zero-order chi connectivity index (χ0) is 23.4. The molecule has 174 valence electrons. The fourth-order valence-corrected chi connectivity index (χ4v) is 5.83. The number of benzene rings is 1. The van der Waals surface area contributed by atoms with Crippen molar-refractivity contribution in [3.63, 3.8) is 0 Å². The van der Waals surface area contributed by atoms with Gasteiger partial charge in [0.25, 0.3) is 5.91 Å². The second-order valence-corrected chi connectivity index (χ2v) is 9.96. The van der Waals surface area contributed by atoms with E-state index in [-0.39, 0.29) is 11.5 Å². The van der Waals surface area contributed by atoms with Crippen LogP contribution in [-0.4, -0.2) is 25.4 Å². The standard InChI is InChI=1S/C27H28FN5O/c1-15(27-32-24-14-31-23(26(29)34)13-25(24)33(27)19-7-8-19)16-2-4-17(5-3-16)20-10-11-30-22-9-6-18(28)12-21(20)22/h6,9-17,19H,2-5,7-8H2,1H3,(H2,29,34)/t15-,16?,17?/m1/s1. The molecule has 2 N–H and O–H groups in total. The third-order valence-corrected chi connectivity index (χ3v) is 7.83. The molecule has 1 atom stereocenters. The van der Waals surface area contributed by atoms with Gasteiger partial charge in [-0.25, -0.2) is 14.4 Å². The Hall–Kier alpha value is -3.35. The normalized spacial score (nSPS) is 21.7. The lowest BCUT2D eigenvalue weighted by atomic mass is 9.73. The molecule has 2 aliphatic carbocycles. The highest BCUT2D eigenvalue weighted by Gasteiger charge is 2.34. The van der Waals surface area contributed by atoms with E-state index in [2.05, 4.69) is 27.5 Å². The molecule has 1 amide bonds. The lowest BCUT2D eigenvalue weighted by Crippen LogP contribution is -2.21. The first-order valence-electron chi connectivity index (χ1n) is 12.2. The Balaban J connectivity index is 1.26. The van der Waals surface area contributed by atoms with E-state index < -0.39 is 5.91 Å². The molecule has 2 saturated carbocycles. The van der Waals surface area contributed by atoms with Crippen LogP contribution >= 0.6 is 0 Å². The van der Waals surface area contributed by atoms with Gasteiger partial charge in [0, 0.05) is 23.5 Å². The van der Waals surface area contributed by atoms with Crippen LogP contribution in [-0.2, 0) is 0 Å². The molecule has 0 radical (unpaired) electrons. The fraction of sp³-hybridized carbons (Fsp3) is 0.407. The largest absolute Gasteiger partial charge is 0.364 e. The second-order valence-electron chi connectivity index (χ2n) is 9.96. The minimum Gasteiger partial charge on any atom is -0.364 e. The molecule has 2 aliphatic rings. The monoisotopic (exact) mass is 457 g/mol. The number of pyridine rings is 2. The molecule has 6 nitrogen and oxygen atoms in total. The number of hydrogen-bond donors (Lipinski definition) is 1. The highest BCUT2D eigenvalue weighted by molar-refractivity contribution is 5.94. The average Bonchev–Trinajstić information content (AvgIpc) is 3.62. The number of hydrogen-bond acceptors (Lipinski definition) is 4. The van der Waals surface area contributed by atoms with Crippen molar-refractivity contribution in [2.45, 2.75) is 63.3 Å². The number of halogens is 1. The predicted molar refractivity (Wildman–Crippen MR) is 129 cm³/mol. The van der Waals surface area contributed by atoms with Crippen molar-refractivity contribution >= 4 is 27.8 Å². The van der Waals surface area contributed by atoms with E-state index >= 15 is 0 Å². The average molecular weight is 458 g/mol. The SMILES string of the molecule is C[C@@H](c1nc2cnc(C(N)=O)cc2n1C1CC1)C1CCC(c2ccnc3ccc(F)cc23)CC1. The number of amides is 1. The van der Waals surface area contributed by atoms with Gasteiger partial charge in [-0.15, -0.1) is 0 Å². The summed E-state index contributed by atoms with van der Waals surface area (Å²) in [5.74, 6) is 1.62. The Kier molecular flexibility index (Phi) is 5.08. The van der Waals surface area contributed by atoms with E-state index in [1.807, 2.05) is 6.20 Å². The molecule has 34 heavy (non-hydrogen) atoms. The maximum absolute atomic E-state index is 13.9. The Labute approximate surface area is 197 Å². The fourth-order valence-electron chi connectivity index (χ4n) is 5.83. The summed E-state index contributed by atoms with van der Waals surface area (Å²) in [6.07, 6.45) is 10.1. The lowest BCUT2D eigenvalue weighted by Gasteiger charge is -2.33. The van der Waals surface area contributed by atoms with Crippen LogP contribution in [0.5, 0.6) is 0 Å². The van der Waals surface area contributed by atoms with E-state index in [1.54, 1.807) is 24.4 Å². The number of nitrogens with zero attached hydrogens (tertiary/aromatic N) is 4. The molecule has 3 heterocycles. The van der Waals surface area contributed by atoms with Crippen LogP contribution in [0.2, 0.25) is 0 Å². The Morgan fingerprint density at radius 1 is 1.06 bits per heavy atom. The van der Waals surface area contributed by atoms with Gasteiger partial charge in [-0.1, -0.05) is 6.92 Å². The van der Waals surface area contributed by atoms with Crippen molar-refractivity contribution in [1.82, 2.24) is 19.5 Å². The van der Waals surface area contributed by atoms with Gasteiger partial charge in [0.1, 0.15) is 22.9 Å². The molecule has 1 aromatic carbocycles. The summed E-state index contributed by atoms with van der Waals surface area (Å²) in [5, 5.41) is 0.937. The first kappa shape index (κ1) is 21.2. The van der Waals surface area contributed by atoms with E-state index in [9.17, 15) is 9.18 Å². The number of carbonyl (C=O) groups is 1. The quantitative estimate of drug-likeness (QED) is 0.421. The van der Waals surface area contributed by atoms with Gasteiger partial charge in [0.2, 0.25) is 0 Å². The van der Waals surface area contributed by atoms with Crippen LogP contribution < -0.4 is 5.73 Å². The molecule has 0 aliphatic heterocycles. The predicted octanol–water partition coefficient (Wildman–Crippen LogP) is 5.63. The third kappa shape index (κ3) is 3.63. The summed E-state index contributed by atoms with van der Waals surface area (Å²) in [5.41, 5.74) is 9.63.